The van der Waals surface area contributed by atoms with Gasteiger partial charge in [-0.15, -0.1) is 0 Å². The summed E-state index contributed by atoms with van der Waals surface area (Å²) in [5, 5.41) is 1.19. The summed E-state index contributed by atoms with van der Waals surface area (Å²) in [5.41, 5.74) is 4.67. The molecule has 11 nitrogen and oxygen atoms in total. The van der Waals surface area contributed by atoms with E-state index in [0.29, 0.717) is 30.2 Å². The first-order valence-electron chi connectivity index (χ1n) is 14.6. The second kappa shape index (κ2) is 12.0. The van der Waals surface area contributed by atoms with Gasteiger partial charge >= 0.3 is 11.9 Å². The molecule has 6 rings (SSSR count). The molecule has 0 amide bonds. The van der Waals surface area contributed by atoms with Gasteiger partial charge in [0.2, 0.25) is 5.75 Å². The number of hydrogen-bond acceptors (Lipinski definition) is 10. The maximum absolute atomic E-state index is 13.5. The molecule has 5 atom stereocenters. The van der Waals surface area contributed by atoms with E-state index >= 15 is 0 Å². The Morgan fingerprint density at radius 2 is 1.66 bits per heavy atom. The van der Waals surface area contributed by atoms with Crippen molar-refractivity contribution in [1.82, 2.24) is 9.63 Å². The predicted molar refractivity (Wildman–Crippen MR) is 160 cm³/mol. The number of ether oxygens (including phenoxy) is 6. The second-order valence-electron chi connectivity index (χ2n) is 11.2. The van der Waals surface area contributed by atoms with Gasteiger partial charge in [-0.3, -0.25) is 9.69 Å². The van der Waals surface area contributed by atoms with E-state index in [1.54, 1.807) is 7.11 Å². The number of fused-ring (bicyclic) bond motifs is 6. The smallest absolute Gasteiger partial charge is 0.339 e. The van der Waals surface area contributed by atoms with Crippen LogP contribution in [0.1, 0.15) is 34.1 Å². The quantitative estimate of drug-likeness (QED) is 0.279. The summed E-state index contributed by atoms with van der Waals surface area (Å²) in [7, 11) is 9.03. The van der Waals surface area contributed by atoms with E-state index < -0.39 is 30.1 Å². The molecule has 1 fully saturated rings. The molecule has 11 heteroatoms. The molecular weight excluding hydrogens is 568 g/mol. The first-order chi connectivity index (χ1) is 21.4. The standard InChI is InChI=1S/C33H38N2O9/c1-38-25-13-18(14-26(39-2)30(25)40-3)32(36)44-27-15-19-17-34-12-11-21-20-9-7-8-10-23(20)35(43-6)29(21)24(34)16-22(19)28(31(27)41-4)33(37)42-5/h7-10,13-15,22,24,27-28,31H,11-12,16-17H2,1-6H3/t22-,24+,27+,28-,31-/m0/s1. The van der Waals surface area contributed by atoms with E-state index in [1.807, 2.05) is 22.9 Å². The number of hydrogen-bond donors (Lipinski definition) is 0. The Bertz CT molecular complexity index is 1550. The van der Waals surface area contributed by atoms with Gasteiger partial charge in [-0.2, -0.15) is 4.73 Å². The second-order valence-corrected chi connectivity index (χ2v) is 11.2. The third kappa shape index (κ3) is 4.75. The van der Waals surface area contributed by atoms with Crippen molar-refractivity contribution in [3.05, 3.63) is 64.9 Å². The Hall–Kier alpha value is -4.22. The van der Waals surface area contributed by atoms with E-state index in [1.165, 1.54) is 58.6 Å². The zero-order valence-corrected chi connectivity index (χ0v) is 25.8. The van der Waals surface area contributed by atoms with Crippen molar-refractivity contribution < 1.29 is 42.8 Å². The Morgan fingerprint density at radius 3 is 2.30 bits per heavy atom. The molecule has 234 valence electrons. The normalized spacial score (nSPS) is 24.3. The highest BCUT2D eigenvalue weighted by Gasteiger charge is 2.51. The van der Waals surface area contributed by atoms with Crippen LogP contribution in [0.3, 0.4) is 0 Å². The molecular formula is C33H38N2O9. The summed E-state index contributed by atoms with van der Waals surface area (Å²) in [6.07, 6.45) is 1.90. The summed E-state index contributed by atoms with van der Waals surface area (Å²) in [6, 6.07) is 11.4. The molecule has 1 saturated heterocycles. The third-order valence-electron chi connectivity index (χ3n) is 9.28. The predicted octanol–water partition coefficient (Wildman–Crippen LogP) is 3.61. The van der Waals surface area contributed by atoms with Crippen LogP contribution in [-0.2, 0) is 25.4 Å². The van der Waals surface area contributed by atoms with Crippen LogP contribution in [0.5, 0.6) is 17.2 Å². The van der Waals surface area contributed by atoms with Crippen LogP contribution in [-0.4, -0.2) is 89.5 Å². The van der Waals surface area contributed by atoms with Gasteiger partial charge in [-0.1, -0.05) is 23.8 Å². The number of para-hydroxylation sites is 1. The first-order valence-corrected chi connectivity index (χ1v) is 14.6. The lowest BCUT2D eigenvalue weighted by Crippen LogP contribution is -2.54. The van der Waals surface area contributed by atoms with Crippen LogP contribution in [0, 0.1) is 11.8 Å². The molecule has 1 aliphatic carbocycles. The minimum absolute atomic E-state index is 0.0243. The largest absolute Gasteiger partial charge is 0.493 e. The van der Waals surface area contributed by atoms with E-state index in [4.69, 9.17) is 33.3 Å². The van der Waals surface area contributed by atoms with E-state index in [9.17, 15) is 9.59 Å². The lowest BCUT2D eigenvalue weighted by atomic mass is 9.69. The Balaban J connectivity index is 1.36. The lowest BCUT2D eigenvalue weighted by molar-refractivity contribution is -0.159. The fourth-order valence-corrected chi connectivity index (χ4v) is 7.37. The number of carbonyl (C=O) groups excluding carboxylic acids is 2. The summed E-state index contributed by atoms with van der Waals surface area (Å²) in [6.45, 7) is 1.47. The Morgan fingerprint density at radius 1 is 0.932 bits per heavy atom. The zero-order valence-electron chi connectivity index (χ0n) is 25.8. The highest BCUT2D eigenvalue weighted by Crippen LogP contribution is 2.49. The fourth-order valence-electron chi connectivity index (χ4n) is 7.37. The molecule has 3 heterocycles. The van der Waals surface area contributed by atoms with E-state index in [2.05, 4.69) is 17.0 Å². The maximum Gasteiger partial charge on any atom is 0.339 e. The topological polar surface area (TPSA) is 107 Å². The molecule has 0 spiro atoms. The highest BCUT2D eigenvalue weighted by molar-refractivity contribution is 5.91. The summed E-state index contributed by atoms with van der Waals surface area (Å²) >= 11 is 0. The molecule has 0 N–H and O–H groups in total. The first kappa shape index (κ1) is 29.8. The number of aromatic nitrogens is 1. The lowest BCUT2D eigenvalue weighted by Gasteiger charge is -2.49. The number of esters is 2. The van der Waals surface area contributed by atoms with E-state index in [-0.39, 0.29) is 17.5 Å². The van der Waals surface area contributed by atoms with Gasteiger partial charge in [0.05, 0.1) is 57.2 Å². The zero-order chi connectivity index (χ0) is 31.1. The van der Waals surface area contributed by atoms with Crippen LogP contribution in [0.25, 0.3) is 10.9 Å². The molecule has 0 radical (unpaired) electrons. The third-order valence-corrected chi connectivity index (χ3v) is 9.28. The molecule has 2 aliphatic heterocycles. The molecule has 0 saturated carbocycles. The van der Waals surface area contributed by atoms with Crippen LogP contribution in [0.4, 0.5) is 0 Å². The summed E-state index contributed by atoms with van der Waals surface area (Å²) < 4.78 is 35.4. The molecule has 1 aromatic heterocycles. The number of carbonyl (C=O) groups is 2. The van der Waals surface area contributed by atoms with Crippen molar-refractivity contribution in [1.29, 1.82) is 0 Å². The summed E-state index contributed by atoms with van der Waals surface area (Å²) in [5.74, 6) is -0.867. The van der Waals surface area contributed by atoms with Gasteiger partial charge in [-0.05, 0) is 48.6 Å². The molecule has 44 heavy (non-hydrogen) atoms. The van der Waals surface area contributed by atoms with Crippen molar-refractivity contribution in [2.45, 2.75) is 31.1 Å². The minimum atomic E-state index is -0.829. The molecule has 0 bridgehead atoms. The monoisotopic (exact) mass is 606 g/mol. The molecule has 0 unspecified atom stereocenters. The molecule has 2 aromatic carbocycles. The van der Waals surface area contributed by atoms with Gasteiger partial charge in [0.1, 0.15) is 19.3 Å². The van der Waals surface area contributed by atoms with Crippen molar-refractivity contribution in [3.63, 3.8) is 0 Å². The van der Waals surface area contributed by atoms with Crippen molar-refractivity contribution >= 4 is 22.8 Å². The number of benzene rings is 2. The molecule has 3 aliphatic rings. The van der Waals surface area contributed by atoms with Gasteiger partial charge in [0.25, 0.3) is 0 Å². The Labute approximate surface area is 256 Å². The number of piperidine rings is 1. The van der Waals surface area contributed by atoms with Crippen LogP contribution in [0.15, 0.2) is 48.0 Å². The highest BCUT2D eigenvalue weighted by atomic mass is 16.6. The van der Waals surface area contributed by atoms with Crippen LogP contribution < -0.4 is 19.0 Å². The average Bonchev–Trinajstić information content (AvgIpc) is 3.39. The Kier molecular flexibility index (Phi) is 8.17. The number of nitrogens with zero attached hydrogens (tertiary/aromatic N) is 2. The average molecular weight is 607 g/mol. The van der Waals surface area contributed by atoms with Gasteiger partial charge in [0, 0.05) is 25.6 Å². The molecule has 3 aromatic rings. The summed E-state index contributed by atoms with van der Waals surface area (Å²) in [4.78, 5) is 35.3. The maximum atomic E-state index is 13.5. The minimum Gasteiger partial charge on any atom is -0.493 e. The SMILES string of the molecule is COC(=O)[C@@H]1[C@@H](OC)[C@H](OC(=O)c2cc(OC)c(OC)c(OC)c2)C=C2CN3CCc4c(n(OC)c5ccccc45)[C@H]3C[C@@H]21. The van der Waals surface area contributed by atoms with Crippen LogP contribution >= 0.6 is 0 Å². The van der Waals surface area contributed by atoms with Gasteiger partial charge in [0.15, 0.2) is 11.5 Å². The number of methoxy groups -OCH3 is 5. The van der Waals surface area contributed by atoms with Crippen molar-refractivity contribution in [2.75, 3.05) is 55.7 Å². The van der Waals surface area contributed by atoms with E-state index in [0.717, 1.165) is 29.7 Å². The van der Waals surface area contributed by atoms with Gasteiger partial charge < -0.3 is 33.3 Å². The van der Waals surface area contributed by atoms with Gasteiger partial charge in [-0.25, -0.2) is 4.79 Å². The van der Waals surface area contributed by atoms with Crippen LogP contribution in [0.2, 0.25) is 0 Å². The van der Waals surface area contributed by atoms with Crippen molar-refractivity contribution in [3.8, 4) is 17.2 Å². The fraction of sp³-hybridized carbons (Fsp3) is 0.455. The van der Waals surface area contributed by atoms with Crippen molar-refractivity contribution in [2.24, 2.45) is 11.8 Å². The number of rotatable bonds is 8.